The monoisotopic (exact) mass is 195 g/mol. The Morgan fingerprint density at radius 2 is 2.00 bits per heavy atom. The number of aromatic hydroxyl groups is 1. The maximum Gasteiger partial charge on any atom is 0.217 e. The quantitative estimate of drug-likeness (QED) is 0.660. The Morgan fingerprint density at radius 1 is 1.43 bits per heavy atom. The number of benzene rings is 1. The lowest BCUT2D eigenvalue weighted by Crippen LogP contribution is -2.28. The van der Waals surface area contributed by atoms with Crippen LogP contribution >= 0.6 is 0 Å². The van der Waals surface area contributed by atoms with Crippen molar-refractivity contribution in [3.8, 4) is 5.75 Å². The highest BCUT2D eigenvalue weighted by Gasteiger charge is 2.10. The maximum absolute atomic E-state index is 10.8. The van der Waals surface area contributed by atoms with E-state index in [0.29, 0.717) is 0 Å². The van der Waals surface area contributed by atoms with E-state index >= 15 is 0 Å². The van der Waals surface area contributed by atoms with Crippen molar-refractivity contribution in [2.75, 3.05) is 6.61 Å². The van der Waals surface area contributed by atoms with Crippen LogP contribution in [0.25, 0.3) is 0 Å². The normalized spacial score (nSPS) is 12.1. The van der Waals surface area contributed by atoms with Crippen LogP contribution in [0.2, 0.25) is 0 Å². The van der Waals surface area contributed by atoms with Crippen molar-refractivity contribution >= 4 is 5.91 Å². The molecule has 1 rings (SSSR count). The number of hydrogen-bond acceptors (Lipinski definition) is 3. The lowest BCUT2D eigenvalue weighted by Gasteiger charge is -2.15. The van der Waals surface area contributed by atoms with Gasteiger partial charge in [-0.2, -0.15) is 0 Å². The Balaban J connectivity index is 2.78. The van der Waals surface area contributed by atoms with E-state index < -0.39 is 6.04 Å². The molecule has 14 heavy (non-hydrogen) atoms. The van der Waals surface area contributed by atoms with Gasteiger partial charge < -0.3 is 15.5 Å². The molecule has 1 aromatic rings. The van der Waals surface area contributed by atoms with E-state index in [1.54, 1.807) is 12.1 Å². The fraction of sp³-hybridized carbons (Fsp3) is 0.300. The molecule has 0 aliphatic carbocycles. The zero-order valence-corrected chi connectivity index (χ0v) is 7.90. The molecular formula is C10H13NO3. The molecule has 1 amide bonds. The number of amides is 1. The van der Waals surface area contributed by atoms with Gasteiger partial charge in [0.15, 0.2) is 0 Å². The molecule has 0 aliphatic heterocycles. The number of aliphatic hydroxyl groups is 1. The summed E-state index contributed by atoms with van der Waals surface area (Å²) in [5.74, 6) is -0.0367. The van der Waals surface area contributed by atoms with Gasteiger partial charge in [0.2, 0.25) is 5.91 Å². The first kappa shape index (κ1) is 10.5. The molecule has 0 heterocycles. The number of phenols is 1. The fourth-order valence-corrected chi connectivity index (χ4v) is 1.19. The van der Waals surface area contributed by atoms with E-state index in [4.69, 9.17) is 10.2 Å². The number of hydrogen-bond donors (Lipinski definition) is 3. The average molecular weight is 195 g/mol. The van der Waals surface area contributed by atoms with Crippen LogP contribution in [0.3, 0.4) is 0 Å². The van der Waals surface area contributed by atoms with E-state index in [-0.39, 0.29) is 18.3 Å². The van der Waals surface area contributed by atoms with Gasteiger partial charge >= 0.3 is 0 Å². The Hall–Kier alpha value is -1.55. The summed E-state index contributed by atoms with van der Waals surface area (Å²) < 4.78 is 0. The third-order valence-corrected chi connectivity index (χ3v) is 1.86. The van der Waals surface area contributed by atoms with Crippen molar-refractivity contribution in [2.24, 2.45) is 0 Å². The summed E-state index contributed by atoms with van der Waals surface area (Å²) in [4.78, 5) is 10.8. The highest BCUT2D eigenvalue weighted by Crippen LogP contribution is 2.16. The van der Waals surface area contributed by atoms with Crippen molar-refractivity contribution in [3.63, 3.8) is 0 Å². The molecule has 4 nitrogen and oxygen atoms in total. The molecule has 1 atom stereocenters. The number of rotatable bonds is 3. The molecular weight excluding hydrogens is 182 g/mol. The lowest BCUT2D eigenvalue weighted by atomic mass is 10.1. The van der Waals surface area contributed by atoms with Crippen LogP contribution in [0.1, 0.15) is 18.5 Å². The number of aliphatic hydroxyl groups excluding tert-OH is 1. The molecule has 1 aromatic carbocycles. The number of phenolic OH excluding ortho intramolecular Hbond substituents is 1. The summed E-state index contributed by atoms with van der Waals surface area (Å²) in [6, 6.07) is 5.94. The van der Waals surface area contributed by atoms with Crippen LogP contribution in [0.4, 0.5) is 0 Å². The molecule has 0 unspecified atom stereocenters. The molecule has 76 valence electrons. The minimum Gasteiger partial charge on any atom is -0.508 e. The maximum atomic E-state index is 10.8. The van der Waals surface area contributed by atoms with Gasteiger partial charge in [-0.15, -0.1) is 0 Å². The smallest absolute Gasteiger partial charge is 0.217 e. The first-order valence-corrected chi connectivity index (χ1v) is 4.30. The van der Waals surface area contributed by atoms with Crippen LogP contribution < -0.4 is 5.32 Å². The first-order valence-electron chi connectivity index (χ1n) is 4.30. The zero-order valence-electron chi connectivity index (χ0n) is 7.90. The highest BCUT2D eigenvalue weighted by atomic mass is 16.3. The van der Waals surface area contributed by atoms with Crippen molar-refractivity contribution < 1.29 is 15.0 Å². The predicted molar refractivity (Wildman–Crippen MR) is 51.8 cm³/mol. The van der Waals surface area contributed by atoms with E-state index in [0.717, 1.165) is 5.56 Å². The van der Waals surface area contributed by atoms with E-state index in [1.165, 1.54) is 19.1 Å². The van der Waals surface area contributed by atoms with Gasteiger partial charge in [0.05, 0.1) is 12.6 Å². The summed E-state index contributed by atoms with van der Waals surface area (Å²) in [5.41, 5.74) is 0.764. The molecule has 0 aliphatic rings. The van der Waals surface area contributed by atoms with Gasteiger partial charge in [0.1, 0.15) is 5.75 Å². The van der Waals surface area contributed by atoms with Crippen molar-refractivity contribution in [3.05, 3.63) is 29.8 Å². The second-order valence-electron chi connectivity index (χ2n) is 3.03. The third kappa shape index (κ3) is 2.74. The van der Waals surface area contributed by atoms with Crippen LogP contribution in [0, 0.1) is 0 Å². The summed E-state index contributed by atoms with van der Waals surface area (Å²) in [7, 11) is 0. The van der Waals surface area contributed by atoms with Crippen molar-refractivity contribution in [1.29, 1.82) is 0 Å². The van der Waals surface area contributed by atoms with Gasteiger partial charge in [-0.3, -0.25) is 4.79 Å². The lowest BCUT2D eigenvalue weighted by molar-refractivity contribution is -0.120. The standard InChI is InChI=1S/C10H13NO3/c1-7(13)11-10(6-12)8-2-4-9(14)5-3-8/h2-5,10,12,14H,6H2,1H3,(H,11,13)/t10-/m0/s1. The molecule has 3 N–H and O–H groups in total. The minimum atomic E-state index is -0.409. The Bertz CT molecular complexity index is 308. The largest absolute Gasteiger partial charge is 0.508 e. The van der Waals surface area contributed by atoms with Crippen LogP contribution in [-0.2, 0) is 4.79 Å². The molecule has 0 bridgehead atoms. The molecule has 0 spiro atoms. The molecule has 0 saturated carbocycles. The van der Waals surface area contributed by atoms with E-state index in [2.05, 4.69) is 5.32 Å². The molecule has 4 heteroatoms. The van der Waals surface area contributed by atoms with Gasteiger partial charge in [-0.05, 0) is 17.7 Å². The third-order valence-electron chi connectivity index (χ3n) is 1.86. The number of nitrogens with one attached hydrogen (secondary N) is 1. The van der Waals surface area contributed by atoms with Crippen LogP contribution in [0.15, 0.2) is 24.3 Å². The van der Waals surface area contributed by atoms with Crippen LogP contribution in [0.5, 0.6) is 5.75 Å². The summed E-state index contributed by atoms with van der Waals surface area (Å²) >= 11 is 0. The molecule has 0 fully saturated rings. The summed E-state index contributed by atoms with van der Waals surface area (Å²) in [5, 5.41) is 20.7. The fourth-order valence-electron chi connectivity index (χ4n) is 1.19. The Morgan fingerprint density at radius 3 is 2.43 bits per heavy atom. The van der Waals surface area contributed by atoms with Crippen molar-refractivity contribution in [2.45, 2.75) is 13.0 Å². The molecule has 0 aromatic heterocycles. The predicted octanol–water partition coefficient (Wildman–Crippen LogP) is 0.562. The average Bonchev–Trinajstić information content (AvgIpc) is 2.15. The Kier molecular flexibility index (Phi) is 3.48. The minimum absolute atomic E-state index is 0.160. The van der Waals surface area contributed by atoms with Gasteiger partial charge in [0, 0.05) is 6.92 Å². The number of carbonyl (C=O) groups is 1. The summed E-state index contributed by atoms with van der Waals surface area (Å²) in [6.07, 6.45) is 0. The molecule has 0 radical (unpaired) electrons. The van der Waals surface area contributed by atoms with Gasteiger partial charge in [0.25, 0.3) is 0 Å². The first-order chi connectivity index (χ1) is 6.63. The van der Waals surface area contributed by atoms with E-state index in [9.17, 15) is 4.79 Å². The van der Waals surface area contributed by atoms with Crippen molar-refractivity contribution in [1.82, 2.24) is 5.32 Å². The Labute approximate surface area is 82.2 Å². The highest BCUT2D eigenvalue weighted by molar-refractivity contribution is 5.73. The van der Waals surface area contributed by atoms with Gasteiger partial charge in [-0.1, -0.05) is 12.1 Å². The molecule has 0 saturated heterocycles. The topological polar surface area (TPSA) is 69.6 Å². The number of carbonyl (C=O) groups excluding carboxylic acids is 1. The SMILES string of the molecule is CC(=O)N[C@@H](CO)c1ccc(O)cc1. The van der Waals surface area contributed by atoms with Crippen LogP contribution in [-0.4, -0.2) is 22.7 Å². The summed E-state index contributed by atoms with van der Waals surface area (Å²) in [6.45, 7) is 1.23. The zero-order chi connectivity index (χ0) is 10.6. The van der Waals surface area contributed by atoms with E-state index in [1.807, 2.05) is 0 Å². The second kappa shape index (κ2) is 4.62. The van der Waals surface area contributed by atoms with Gasteiger partial charge in [-0.25, -0.2) is 0 Å². The second-order valence-corrected chi connectivity index (χ2v) is 3.03.